The Morgan fingerprint density at radius 1 is 1.07 bits per heavy atom. The Morgan fingerprint density at radius 2 is 1.80 bits per heavy atom. The van der Waals surface area contributed by atoms with Gasteiger partial charge in [0.1, 0.15) is 18.3 Å². The summed E-state index contributed by atoms with van der Waals surface area (Å²) >= 11 is 0. The number of fused-ring (bicyclic) bond motifs is 1. The molecule has 164 valence electrons. The molecule has 3 amide bonds. The molecule has 4 atom stereocenters. The van der Waals surface area contributed by atoms with Crippen molar-refractivity contribution in [3.05, 3.63) is 29.8 Å². The van der Waals surface area contributed by atoms with Gasteiger partial charge in [-0.3, -0.25) is 4.79 Å². The van der Waals surface area contributed by atoms with E-state index in [-0.39, 0.29) is 30.9 Å². The summed E-state index contributed by atoms with van der Waals surface area (Å²) in [6.45, 7) is 0.684. The second kappa shape index (κ2) is 9.32. The Labute approximate surface area is 176 Å². The van der Waals surface area contributed by atoms with Crippen molar-refractivity contribution >= 4 is 17.6 Å². The second-order valence-corrected chi connectivity index (χ2v) is 8.51. The summed E-state index contributed by atoms with van der Waals surface area (Å²) in [6.07, 6.45) is 2.36. The zero-order valence-electron chi connectivity index (χ0n) is 17.1. The molecule has 4 unspecified atom stereocenters. The minimum absolute atomic E-state index is 0.0165. The molecule has 1 aromatic carbocycles. The van der Waals surface area contributed by atoms with Crippen LogP contribution in [0.1, 0.15) is 44.1 Å². The van der Waals surface area contributed by atoms with Crippen molar-refractivity contribution in [1.82, 2.24) is 10.6 Å². The molecular weight excluding hydrogens is 386 g/mol. The molecule has 0 aromatic heterocycles. The zero-order valence-corrected chi connectivity index (χ0v) is 17.1. The van der Waals surface area contributed by atoms with E-state index in [1.165, 1.54) is 6.42 Å². The minimum atomic E-state index is -1.17. The highest BCUT2D eigenvalue weighted by Gasteiger charge is 2.44. The lowest BCUT2D eigenvalue weighted by molar-refractivity contribution is -0.122. The number of carbonyl (C=O) groups is 2. The summed E-state index contributed by atoms with van der Waals surface area (Å²) in [6, 6.07) is 7.67. The third-order valence-electron chi connectivity index (χ3n) is 6.43. The van der Waals surface area contributed by atoms with E-state index >= 15 is 0 Å². The van der Waals surface area contributed by atoms with Crippen LogP contribution < -0.4 is 15.5 Å². The number of para-hydroxylation sites is 1. The van der Waals surface area contributed by atoms with Crippen LogP contribution in [0.5, 0.6) is 0 Å². The molecule has 2 heterocycles. The third kappa shape index (κ3) is 4.61. The lowest BCUT2D eigenvalue weighted by atomic mass is 9.96. The highest BCUT2D eigenvalue weighted by Crippen LogP contribution is 2.30. The van der Waals surface area contributed by atoms with Gasteiger partial charge in [-0.1, -0.05) is 37.5 Å². The van der Waals surface area contributed by atoms with Crippen LogP contribution in [-0.4, -0.2) is 65.7 Å². The predicted molar refractivity (Wildman–Crippen MR) is 111 cm³/mol. The van der Waals surface area contributed by atoms with E-state index in [2.05, 4.69) is 10.6 Å². The van der Waals surface area contributed by atoms with Gasteiger partial charge in [-0.05, 0) is 30.9 Å². The van der Waals surface area contributed by atoms with Gasteiger partial charge in [0.05, 0.1) is 12.5 Å². The average molecular weight is 418 g/mol. The summed E-state index contributed by atoms with van der Waals surface area (Å²) in [5.41, 5.74) is 2.03. The molecule has 4 rings (SSSR count). The molecule has 2 aliphatic heterocycles. The average Bonchev–Trinajstić information content (AvgIpc) is 3.30. The molecule has 3 aliphatic rings. The lowest BCUT2D eigenvalue weighted by Gasteiger charge is -2.23. The first-order valence-corrected chi connectivity index (χ1v) is 11.0. The first kappa shape index (κ1) is 21.1. The number of nitrogens with zero attached hydrogens (tertiary/aromatic N) is 1. The SMILES string of the molecule is O=C(NCC1OC(CC(=O)N2CCc3ccccc32)C(O)C1O)NC1CCCCC1. The number of urea groups is 1. The summed E-state index contributed by atoms with van der Waals surface area (Å²) < 4.78 is 5.75. The second-order valence-electron chi connectivity index (χ2n) is 8.51. The van der Waals surface area contributed by atoms with Crippen molar-refractivity contribution in [2.45, 2.75) is 75.4 Å². The quantitative estimate of drug-likeness (QED) is 0.573. The molecule has 1 saturated heterocycles. The van der Waals surface area contributed by atoms with Crippen LogP contribution in [0.3, 0.4) is 0 Å². The number of amides is 3. The van der Waals surface area contributed by atoms with Crippen molar-refractivity contribution in [1.29, 1.82) is 0 Å². The number of hydrogen-bond acceptors (Lipinski definition) is 5. The Hall–Kier alpha value is -2.16. The van der Waals surface area contributed by atoms with E-state index in [4.69, 9.17) is 4.74 Å². The van der Waals surface area contributed by atoms with Crippen molar-refractivity contribution < 1.29 is 24.5 Å². The van der Waals surface area contributed by atoms with Crippen LogP contribution >= 0.6 is 0 Å². The Kier molecular flexibility index (Phi) is 6.55. The minimum Gasteiger partial charge on any atom is -0.388 e. The maximum absolute atomic E-state index is 12.8. The van der Waals surface area contributed by atoms with Gasteiger partial charge in [-0.2, -0.15) is 0 Å². The molecule has 1 saturated carbocycles. The number of hydrogen-bond donors (Lipinski definition) is 4. The van der Waals surface area contributed by atoms with Gasteiger partial charge in [0, 0.05) is 24.8 Å². The first-order chi connectivity index (χ1) is 14.5. The normalized spacial score (nSPS) is 28.9. The van der Waals surface area contributed by atoms with E-state index < -0.39 is 24.4 Å². The number of ether oxygens (including phenoxy) is 1. The molecule has 0 spiro atoms. The van der Waals surface area contributed by atoms with Crippen LogP contribution in [0, 0.1) is 0 Å². The van der Waals surface area contributed by atoms with E-state index in [1.54, 1.807) is 4.90 Å². The fourth-order valence-corrected chi connectivity index (χ4v) is 4.72. The molecule has 8 nitrogen and oxygen atoms in total. The van der Waals surface area contributed by atoms with Crippen LogP contribution in [0.25, 0.3) is 0 Å². The smallest absolute Gasteiger partial charge is 0.315 e. The number of anilines is 1. The molecule has 1 aromatic rings. The molecule has 2 fully saturated rings. The third-order valence-corrected chi connectivity index (χ3v) is 6.43. The summed E-state index contributed by atoms with van der Waals surface area (Å²) in [5, 5.41) is 26.4. The largest absolute Gasteiger partial charge is 0.388 e. The maximum Gasteiger partial charge on any atom is 0.315 e. The molecule has 0 bridgehead atoms. The highest BCUT2D eigenvalue weighted by atomic mass is 16.5. The van der Waals surface area contributed by atoms with Gasteiger partial charge >= 0.3 is 6.03 Å². The molecule has 30 heavy (non-hydrogen) atoms. The van der Waals surface area contributed by atoms with Gasteiger partial charge in [-0.25, -0.2) is 4.79 Å². The number of aliphatic hydroxyl groups excluding tert-OH is 2. The molecule has 4 N–H and O–H groups in total. The Bertz CT molecular complexity index is 767. The topological polar surface area (TPSA) is 111 Å². The summed E-state index contributed by atoms with van der Waals surface area (Å²) in [7, 11) is 0. The van der Waals surface area contributed by atoms with Gasteiger partial charge in [-0.15, -0.1) is 0 Å². The lowest BCUT2D eigenvalue weighted by Crippen LogP contribution is -2.47. The predicted octanol–water partition coefficient (Wildman–Crippen LogP) is 1.09. The Morgan fingerprint density at radius 3 is 2.60 bits per heavy atom. The molecule has 8 heteroatoms. The van der Waals surface area contributed by atoms with Gasteiger partial charge < -0.3 is 30.5 Å². The summed E-state index contributed by atoms with van der Waals surface area (Å²) in [4.78, 5) is 26.6. The van der Waals surface area contributed by atoms with Crippen LogP contribution in [-0.2, 0) is 16.0 Å². The van der Waals surface area contributed by atoms with Crippen molar-refractivity contribution in [3.8, 4) is 0 Å². The molecule has 1 aliphatic carbocycles. The van der Waals surface area contributed by atoms with E-state index in [0.29, 0.717) is 6.54 Å². The molecular formula is C22H31N3O5. The van der Waals surface area contributed by atoms with E-state index in [9.17, 15) is 19.8 Å². The van der Waals surface area contributed by atoms with Gasteiger partial charge in [0.2, 0.25) is 5.91 Å². The monoisotopic (exact) mass is 417 g/mol. The number of rotatable bonds is 5. The van der Waals surface area contributed by atoms with Crippen LogP contribution in [0.15, 0.2) is 24.3 Å². The number of carbonyl (C=O) groups excluding carboxylic acids is 2. The first-order valence-electron chi connectivity index (χ1n) is 11.0. The van der Waals surface area contributed by atoms with Gasteiger partial charge in [0.25, 0.3) is 0 Å². The van der Waals surface area contributed by atoms with Crippen molar-refractivity contribution in [3.63, 3.8) is 0 Å². The van der Waals surface area contributed by atoms with Gasteiger partial charge in [0.15, 0.2) is 0 Å². The van der Waals surface area contributed by atoms with Crippen molar-refractivity contribution in [2.24, 2.45) is 0 Å². The number of aliphatic hydroxyl groups is 2. The zero-order chi connectivity index (χ0) is 21.1. The molecule has 0 radical (unpaired) electrons. The van der Waals surface area contributed by atoms with Crippen LogP contribution in [0.4, 0.5) is 10.5 Å². The fraction of sp³-hybridized carbons (Fsp3) is 0.636. The summed E-state index contributed by atoms with van der Waals surface area (Å²) in [5.74, 6) is -0.139. The standard InChI is InChI=1S/C22H31N3O5/c26-19(25-11-10-14-6-4-5-9-16(14)25)12-17-20(27)21(28)18(30-17)13-23-22(29)24-15-7-2-1-3-8-15/h4-6,9,15,17-18,20-21,27-28H,1-3,7-8,10-13H2,(H2,23,24,29). The van der Waals surface area contributed by atoms with Crippen molar-refractivity contribution in [2.75, 3.05) is 18.0 Å². The van der Waals surface area contributed by atoms with E-state index in [1.807, 2.05) is 24.3 Å². The Balaban J connectivity index is 1.27. The number of benzene rings is 1. The fourth-order valence-electron chi connectivity index (χ4n) is 4.72. The maximum atomic E-state index is 12.8. The highest BCUT2D eigenvalue weighted by molar-refractivity contribution is 5.95. The van der Waals surface area contributed by atoms with Crippen LogP contribution in [0.2, 0.25) is 0 Å². The number of nitrogens with one attached hydrogen (secondary N) is 2. The van der Waals surface area contributed by atoms with E-state index in [0.717, 1.165) is 43.4 Å².